The standard InChI is InChI=1S/C38H44FN7O10S/c1-55-21-10-9-19-16-46(33(49)22(19)14-21)18-38(35(52)44-37(54)45-38)29-13-20-12-23(24(39)15-27(20)56-29)32(48)40-11-5-4-6-25(34(50)51)41-30(47)8-3-2-7-28-31-26(17-57-28)42-36(53)43-31/h9-10,12,14-15,25-26,28-29,31H,2-8,11,13,16-18H2,1H3,(H,40,48)(H,41,47)(H,50,51)(H2,42,43,53)(H2,44,45,52,54)/t25?,26?,28-,29?,31?,38-/m0/s1. The minimum absolute atomic E-state index is 0.0204. The van der Waals surface area contributed by atoms with E-state index in [-0.39, 0.29) is 85.4 Å². The van der Waals surface area contributed by atoms with Crippen LogP contribution in [0.3, 0.4) is 0 Å². The zero-order valence-corrected chi connectivity index (χ0v) is 31.9. The number of imide groups is 1. The predicted octanol–water partition coefficient (Wildman–Crippen LogP) is 1.57. The maximum Gasteiger partial charge on any atom is 0.326 e. The normalized spacial score (nSPS) is 24.7. The van der Waals surface area contributed by atoms with Gasteiger partial charge in [0.25, 0.3) is 17.7 Å². The lowest BCUT2D eigenvalue weighted by molar-refractivity contribution is -0.142. The van der Waals surface area contributed by atoms with Gasteiger partial charge in [0.1, 0.15) is 29.5 Å². The maximum atomic E-state index is 15.3. The van der Waals surface area contributed by atoms with Crippen molar-refractivity contribution in [1.82, 2.24) is 36.8 Å². The number of nitrogens with one attached hydrogen (secondary N) is 6. The number of carbonyl (C=O) groups excluding carboxylic acids is 6. The van der Waals surface area contributed by atoms with E-state index in [4.69, 9.17) is 9.47 Å². The third-order valence-corrected chi connectivity index (χ3v) is 12.7. The first-order chi connectivity index (χ1) is 27.3. The van der Waals surface area contributed by atoms with Gasteiger partial charge in [-0.1, -0.05) is 12.5 Å². The highest BCUT2D eigenvalue weighted by atomic mass is 32.2. The summed E-state index contributed by atoms with van der Waals surface area (Å²) in [6.07, 6.45) is 2.21. The number of carbonyl (C=O) groups is 7. The first-order valence-electron chi connectivity index (χ1n) is 18.9. The van der Waals surface area contributed by atoms with Gasteiger partial charge in [-0.3, -0.25) is 24.5 Å². The molecule has 2 aromatic carbocycles. The van der Waals surface area contributed by atoms with Gasteiger partial charge >= 0.3 is 18.0 Å². The highest BCUT2D eigenvalue weighted by Gasteiger charge is 2.57. The minimum Gasteiger partial charge on any atom is -0.497 e. The number of urea groups is 2. The molecule has 7 N–H and O–H groups in total. The average molecular weight is 810 g/mol. The Hall–Kier alpha value is -5.59. The number of benzene rings is 2. The Bertz CT molecular complexity index is 2000. The Morgan fingerprint density at radius 3 is 2.65 bits per heavy atom. The van der Waals surface area contributed by atoms with Gasteiger partial charge in [0.05, 0.1) is 31.3 Å². The number of thioether (sulfide) groups is 1. The Balaban J connectivity index is 0.873. The Morgan fingerprint density at radius 2 is 1.89 bits per heavy atom. The summed E-state index contributed by atoms with van der Waals surface area (Å²) in [6.45, 7) is 0.0542. The number of halogens is 1. The van der Waals surface area contributed by atoms with Crippen molar-refractivity contribution in [3.8, 4) is 11.5 Å². The third-order valence-electron chi connectivity index (χ3n) is 11.1. The lowest BCUT2D eigenvalue weighted by Crippen LogP contribution is -2.64. The van der Waals surface area contributed by atoms with Crippen molar-refractivity contribution in [2.45, 2.75) is 92.9 Å². The van der Waals surface area contributed by atoms with Gasteiger partial charge in [-0.25, -0.2) is 18.8 Å². The third kappa shape index (κ3) is 8.29. The molecule has 5 heterocycles. The summed E-state index contributed by atoms with van der Waals surface area (Å²) in [5, 5.41) is 25.9. The molecule has 304 valence electrons. The monoisotopic (exact) mass is 809 g/mol. The molecule has 5 aliphatic rings. The van der Waals surface area contributed by atoms with E-state index in [1.54, 1.807) is 30.0 Å². The summed E-state index contributed by atoms with van der Waals surface area (Å²) in [5.74, 6) is -2.75. The van der Waals surface area contributed by atoms with E-state index < -0.39 is 47.3 Å². The number of ether oxygens (including phenoxy) is 2. The molecule has 6 atom stereocenters. The molecule has 57 heavy (non-hydrogen) atoms. The molecular weight excluding hydrogens is 766 g/mol. The highest BCUT2D eigenvalue weighted by molar-refractivity contribution is 8.00. The second-order valence-corrected chi connectivity index (χ2v) is 16.2. The number of aliphatic carboxylic acids is 1. The lowest BCUT2D eigenvalue weighted by Gasteiger charge is -2.34. The van der Waals surface area contributed by atoms with Crippen LogP contribution in [0, 0.1) is 5.82 Å². The molecule has 19 heteroatoms. The van der Waals surface area contributed by atoms with Crippen molar-refractivity contribution in [2.24, 2.45) is 0 Å². The summed E-state index contributed by atoms with van der Waals surface area (Å²) in [7, 11) is 1.48. The van der Waals surface area contributed by atoms with Crippen LogP contribution in [0.2, 0.25) is 0 Å². The van der Waals surface area contributed by atoms with Crippen molar-refractivity contribution < 1.29 is 52.5 Å². The second-order valence-electron chi connectivity index (χ2n) is 14.9. The van der Waals surface area contributed by atoms with Crippen molar-refractivity contribution in [3.63, 3.8) is 0 Å². The number of carboxylic acid groups (broad SMARTS) is 1. The van der Waals surface area contributed by atoms with Crippen LogP contribution in [0.4, 0.5) is 14.0 Å². The highest BCUT2D eigenvalue weighted by Crippen LogP contribution is 2.38. The van der Waals surface area contributed by atoms with E-state index in [9.17, 15) is 38.7 Å². The average Bonchev–Trinajstić information content (AvgIpc) is 3.98. The number of amides is 8. The van der Waals surface area contributed by atoms with Crippen LogP contribution in [-0.2, 0) is 27.3 Å². The molecule has 0 spiro atoms. The van der Waals surface area contributed by atoms with Crippen LogP contribution < -0.4 is 41.4 Å². The molecule has 0 radical (unpaired) electrons. The molecule has 3 saturated heterocycles. The zero-order chi connectivity index (χ0) is 40.4. The van der Waals surface area contributed by atoms with E-state index in [1.165, 1.54) is 18.1 Å². The fraction of sp³-hybridized carbons (Fsp3) is 0.500. The Labute approximate surface area is 330 Å². The van der Waals surface area contributed by atoms with Crippen molar-refractivity contribution in [3.05, 3.63) is 58.4 Å². The molecule has 2 aromatic rings. The second kappa shape index (κ2) is 16.5. The predicted molar refractivity (Wildman–Crippen MR) is 201 cm³/mol. The smallest absolute Gasteiger partial charge is 0.326 e. The van der Waals surface area contributed by atoms with Crippen molar-refractivity contribution in [2.75, 3.05) is 26.0 Å². The molecule has 0 bridgehead atoms. The van der Waals surface area contributed by atoms with Crippen LogP contribution in [0.25, 0.3) is 0 Å². The summed E-state index contributed by atoms with van der Waals surface area (Å²) in [6, 6.07) is 5.66. The molecule has 8 amide bonds. The first kappa shape index (κ1) is 39.6. The number of rotatable bonds is 17. The molecule has 7 rings (SSSR count). The number of fused-ring (bicyclic) bond motifs is 3. The number of hydrogen-bond donors (Lipinski definition) is 7. The van der Waals surface area contributed by atoms with Crippen molar-refractivity contribution in [1.29, 1.82) is 0 Å². The van der Waals surface area contributed by atoms with Gasteiger partial charge < -0.3 is 46.1 Å². The molecule has 0 aromatic heterocycles. The number of hydrogen-bond acceptors (Lipinski definition) is 10. The Kier molecular flexibility index (Phi) is 11.5. The van der Waals surface area contributed by atoms with Gasteiger partial charge in [-0.05, 0) is 61.4 Å². The van der Waals surface area contributed by atoms with E-state index in [1.807, 2.05) is 0 Å². The van der Waals surface area contributed by atoms with Crippen LogP contribution in [-0.4, -0.2) is 113 Å². The van der Waals surface area contributed by atoms with Crippen LogP contribution in [0.1, 0.15) is 76.8 Å². The number of methoxy groups -OCH3 is 1. The number of carboxylic acids is 1. The molecular formula is C38H44FN7O10S. The number of unbranched alkanes of at least 4 members (excludes halogenated alkanes) is 2. The minimum atomic E-state index is -1.71. The van der Waals surface area contributed by atoms with Crippen LogP contribution in [0.15, 0.2) is 30.3 Å². The fourth-order valence-electron chi connectivity index (χ4n) is 8.12. The van der Waals surface area contributed by atoms with Gasteiger partial charge in [0, 0.05) is 48.6 Å². The molecule has 5 aliphatic heterocycles. The molecule has 0 saturated carbocycles. The first-order valence-corrected chi connectivity index (χ1v) is 20.0. The molecule has 17 nitrogen and oxygen atoms in total. The Morgan fingerprint density at radius 1 is 1.07 bits per heavy atom. The topological polar surface area (TPSA) is 234 Å². The zero-order valence-electron chi connectivity index (χ0n) is 31.1. The fourth-order valence-corrected chi connectivity index (χ4v) is 9.67. The van der Waals surface area contributed by atoms with Gasteiger partial charge in [-0.15, -0.1) is 0 Å². The van der Waals surface area contributed by atoms with Crippen LogP contribution >= 0.6 is 11.8 Å². The SMILES string of the molecule is COc1ccc2c(c1)C(=O)N(C[C@@]1(C3Cc4cc(C(=O)NCCCCC(NC(=O)CCCC[C@@H]5SCC6NC(=O)NC65)C(=O)O)c(F)cc4O3)NC(=O)NC1=O)C2. The lowest BCUT2D eigenvalue weighted by atomic mass is 9.88. The van der Waals surface area contributed by atoms with Crippen LogP contribution in [0.5, 0.6) is 11.5 Å². The maximum absolute atomic E-state index is 15.3. The van der Waals surface area contributed by atoms with E-state index >= 15 is 4.39 Å². The summed E-state index contributed by atoms with van der Waals surface area (Å²) in [4.78, 5) is 89.6. The van der Waals surface area contributed by atoms with E-state index in [0.717, 1.165) is 30.2 Å². The molecule has 4 unspecified atom stereocenters. The van der Waals surface area contributed by atoms with Gasteiger partial charge in [0.2, 0.25) is 5.91 Å². The molecule has 0 aliphatic carbocycles. The summed E-state index contributed by atoms with van der Waals surface area (Å²) < 4.78 is 26.6. The summed E-state index contributed by atoms with van der Waals surface area (Å²) >= 11 is 1.79. The largest absolute Gasteiger partial charge is 0.497 e. The summed E-state index contributed by atoms with van der Waals surface area (Å²) in [5.41, 5.74) is -0.426. The van der Waals surface area contributed by atoms with E-state index in [0.29, 0.717) is 36.1 Å². The number of nitrogens with zero attached hydrogens (tertiary/aromatic N) is 1. The van der Waals surface area contributed by atoms with Gasteiger partial charge in [-0.2, -0.15) is 11.8 Å². The van der Waals surface area contributed by atoms with Crippen molar-refractivity contribution >= 4 is 53.4 Å². The van der Waals surface area contributed by atoms with Gasteiger partial charge in [0.15, 0.2) is 5.54 Å². The molecule has 3 fully saturated rings. The van der Waals surface area contributed by atoms with E-state index in [2.05, 4.69) is 31.9 Å². The quantitative estimate of drug-likeness (QED) is 0.0689.